The summed E-state index contributed by atoms with van der Waals surface area (Å²) in [4.78, 5) is 0. The summed E-state index contributed by atoms with van der Waals surface area (Å²) in [7, 11) is 0. The summed E-state index contributed by atoms with van der Waals surface area (Å²) in [6.45, 7) is 0. The van der Waals surface area contributed by atoms with Crippen LogP contribution in [0.2, 0.25) is 0 Å². The molecule has 3 aliphatic rings. The maximum absolute atomic E-state index is 2.52. The molecule has 0 bridgehead atoms. The zero-order valence-corrected chi connectivity index (χ0v) is 24.8. The molecule has 6 aromatic rings. The number of hydrogen-bond acceptors (Lipinski definition) is 0. The Morgan fingerprint density at radius 1 is 0.500 bits per heavy atom. The molecule has 0 heterocycles. The fourth-order valence-corrected chi connectivity index (χ4v) is 8.47. The Morgan fingerprint density at radius 2 is 1.16 bits per heavy atom. The van der Waals surface area contributed by atoms with E-state index in [0.29, 0.717) is 11.8 Å². The Kier molecular flexibility index (Phi) is 6.01. The molecule has 0 nitrogen and oxygen atoms in total. The van der Waals surface area contributed by atoms with Gasteiger partial charge in [-0.15, -0.1) is 0 Å². The van der Waals surface area contributed by atoms with E-state index in [1.165, 1.54) is 77.7 Å². The minimum absolute atomic E-state index is 0.373. The quantitative estimate of drug-likeness (QED) is 0.188. The van der Waals surface area contributed by atoms with Gasteiger partial charge in [0.2, 0.25) is 0 Å². The highest BCUT2D eigenvalue weighted by molar-refractivity contribution is 6.10. The van der Waals surface area contributed by atoms with E-state index in [0.717, 1.165) is 19.3 Å². The van der Waals surface area contributed by atoms with Crippen molar-refractivity contribution in [2.45, 2.75) is 31.6 Å². The molecule has 0 saturated heterocycles. The highest BCUT2D eigenvalue weighted by Gasteiger charge is 2.39. The third-order valence-corrected chi connectivity index (χ3v) is 10.3. The molecule has 0 N–H and O–H groups in total. The molecule has 0 aliphatic heterocycles. The van der Waals surface area contributed by atoms with Crippen LogP contribution in [0.3, 0.4) is 0 Å². The average Bonchev–Trinajstić information content (AvgIpc) is 3.10. The molecule has 0 radical (unpaired) electrons. The van der Waals surface area contributed by atoms with E-state index in [4.69, 9.17) is 0 Å². The van der Waals surface area contributed by atoms with Crippen molar-refractivity contribution in [2.75, 3.05) is 0 Å². The van der Waals surface area contributed by atoms with Crippen LogP contribution in [0, 0.1) is 5.92 Å². The fourth-order valence-electron chi connectivity index (χ4n) is 8.47. The summed E-state index contributed by atoms with van der Waals surface area (Å²) in [5, 5.41) is 8.08. The molecule has 9 rings (SSSR count). The van der Waals surface area contributed by atoms with Gasteiger partial charge in [-0.05, 0) is 109 Å². The van der Waals surface area contributed by atoms with E-state index in [1.54, 1.807) is 5.57 Å². The molecule has 3 aliphatic carbocycles. The third-order valence-electron chi connectivity index (χ3n) is 10.3. The van der Waals surface area contributed by atoms with E-state index < -0.39 is 0 Å². The van der Waals surface area contributed by atoms with Crippen LogP contribution in [0.4, 0.5) is 0 Å². The van der Waals surface area contributed by atoms with Crippen molar-refractivity contribution in [1.29, 1.82) is 0 Å². The van der Waals surface area contributed by atoms with Crippen molar-refractivity contribution in [2.24, 2.45) is 5.92 Å². The van der Waals surface area contributed by atoms with E-state index in [9.17, 15) is 0 Å². The second-order valence-electron chi connectivity index (χ2n) is 12.6. The standard InChI is InChI=1S/C44H34/c1-3-17-31-29(14-1)16-13-27-34(31)35-20-7-8-22-37(35)43-38-23-9-11-25-40(38)44(41-26-12-10-24-39(41)43)42-28-30-15-2-4-18-32(30)33-19-5-6-21-36(33)42/h1-10,13-24,27-28,40,44H,11-12,25-26H2. The maximum atomic E-state index is 2.52. The molecule has 0 aromatic heterocycles. The summed E-state index contributed by atoms with van der Waals surface area (Å²) in [5.74, 6) is 0.822. The van der Waals surface area contributed by atoms with Crippen molar-refractivity contribution in [3.8, 4) is 11.1 Å². The smallest absolute Gasteiger partial charge is 0.0133 e. The molecule has 0 saturated carbocycles. The van der Waals surface area contributed by atoms with Crippen LogP contribution < -0.4 is 0 Å². The van der Waals surface area contributed by atoms with Crippen LogP contribution in [-0.2, 0) is 0 Å². The van der Waals surface area contributed by atoms with Crippen LogP contribution in [0.1, 0.15) is 42.7 Å². The molecule has 0 heteroatoms. The molecule has 44 heavy (non-hydrogen) atoms. The van der Waals surface area contributed by atoms with Gasteiger partial charge in [0.25, 0.3) is 0 Å². The maximum Gasteiger partial charge on any atom is 0.0133 e. The van der Waals surface area contributed by atoms with E-state index in [-0.39, 0.29) is 0 Å². The van der Waals surface area contributed by atoms with Crippen molar-refractivity contribution < 1.29 is 0 Å². The topological polar surface area (TPSA) is 0 Å². The number of hydrogen-bond donors (Lipinski definition) is 0. The Balaban J connectivity index is 1.32. The zero-order chi connectivity index (χ0) is 29.0. The van der Waals surface area contributed by atoms with Crippen LogP contribution in [0.15, 0.2) is 162 Å². The molecule has 2 unspecified atom stereocenters. The second-order valence-corrected chi connectivity index (χ2v) is 12.6. The first-order valence-corrected chi connectivity index (χ1v) is 16.2. The minimum Gasteiger partial charge on any atom is -0.0842 e. The summed E-state index contributed by atoms with van der Waals surface area (Å²) < 4.78 is 0. The minimum atomic E-state index is 0.373. The van der Waals surface area contributed by atoms with E-state index in [2.05, 4.69) is 146 Å². The van der Waals surface area contributed by atoms with Crippen LogP contribution >= 0.6 is 0 Å². The first-order valence-electron chi connectivity index (χ1n) is 16.2. The number of benzene rings is 6. The van der Waals surface area contributed by atoms with Gasteiger partial charge in [0.05, 0.1) is 0 Å². The van der Waals surface area contributed by atoms with Gasteiger partial charge in [-0.25, -0.2) is 0 Å². The second kappa shape index (κ2) is 10.4. The number of rotatable bonds is 3. The summed E-state index contributed by atoms with van der Waals surface area (Å²) in [5.41, 5.74) is 11.5. The summed E-state index contributed by atoms with van der Waals surface area (Å²) in [6, 6.07) is 45.3. The SMILES string of the molecule is C1=CC2=C(CC1)C(c1cc3ccccc3c3ccccc13)C1CCC=CC1=C2c1ccccc1-c1cccc2ccccc12. The van der Waals surface area contributed by atoms with Gasteiger partial charge in [-0.2, -0.15) is 0 Å². The van der Waals surface area contributed by atoms with Gasteiger partial charge in [-0.3, -0.25) is 0 Å². The molecule has 0 amide bonds. The molecule has 0 fully saturated rings. The molecular formula is C44H34. The first-order chi connectivity index (χ1) is 21.9. The first kappa shape index (κ1) is 25.5. The van der Waals surface area contributed by atoms with Crippen LogP contribution in [0.5, 0.6) is 0 Å². The normalized spacial score (nSPS) is 19.5. The average molecular weight is 563 g/mol. The Labute approximate surface area is 259 Å². The van der Waals surface area contributed by atoms with Crippen LogP contribution in [-0.4, -0.2) is 0 Å². The van der Waals surface area contributed by atoms with Gasteiger partial charge in [0.15, 0.2) is 0 Å². The van der Waals surface area contributed by atoms with Crippen molar-refractivity contribution in [1.82, 2.24) is 0 Å². The lowest BCUT2D eigenvalue weighted by atomic mass is 9.62. The molecule has 0 spiro atoms. The summed E-state index contributed by atoms with van der Waals surface area (Å²) >= 11 is 0. The molecule has 6 aromatic carbocycles. The van der Waals surface area contributed by atoms with E-state index >= 15 is 0 Å². The third kappa shape index (κ3) is 3.91. The lowest BCUT2D eigenvalue weighted by Crippen LogP contribution is -2.26. The largest absolute Gasteiger partial charge is 0.0842 e. The van der Waals surface area contributed by atoms with Gasteiger partial charge >= 0.3 is 0 Å². The zero-order valence-electron chi connectivity index (χ0n) is 24.8. The highest BCUT2D eigenvalue weighted by atomic mass is 14.4. The predicted molar refractivity (Wildman–Crippen MR) is 188 cm³/mol. The Hall–Kier alpha value is -4.94. The lowest BCUT2D eigenvalue weighted by molar-refractivity contribution is 0.481. The fraction of sp³-hybridized carbons (Fsp3) is 0.136. The van der Waals surface area contributed by atoms with Crippen LogP contribution in [0.25, 0.3) is 49.0 Å². The highest BCUT2D eigenvalue weighted by Crippen LogP contribution is 2.56. The van der Waals surface area contributed by atoms with Gasteiger partial charge in [-0.1, -0.05) is 145 Å². The Morgan fingerprint density at radius 3 is 2.05 bits per heavy atom. The number of fused-ring (bicyclic) bond motifs is 5. The lowest BCUT2D eigenvalue weighted by Gasteiger charge is -2.41. The monoisotopic (exact) mass is 562 g/mol. The van der Waals surface area contributed by atoms with Gasteiger partial charge in [0, 0.05) is 5.92 Å². The van der Waals surface area contributed by atoms with Crippen molar-refractivity contribution in [3.05, 3.63) is 173 Å². The summed E-state index contributed by atoms with van der Waals surface area (Å²) in [6.07, 6.45) is 14.3. The number of allylic oxidation sites excluding steroid dienone is 8. The van der Waals surface area contributed by atoms with Crippen molar-refractivity contribution in [3.63, 3.8) is 0 Å². The molecule has 2 atom stereocenters. The van der Waals surface area contributed by atoms with E-state index in [1.807, 2.05) is 0 Å². The van der Waals surface area contributed by atoms with Crippen molar-refractivity contribution >= 4 is 37.9 Å². The molecular weight excluding hydrogens is 528 g/mol. The van der Waals surface area contributed by atoms with Gasteiger partial charge in [0.1, 0.15) is 0 Å². The molecule has 210 valence electrons. The predicted octanol–water partition coefficient (Wildman–Crippen LogP) is 12.0. The van der Waals surface area contributed by atoms with Gasteiger partial charge < -0.3 is 0 Å². The Bertz CT molecular complexity index is 2230.